The summed E-state index contributed by atoms with van der Waals surface area (Å²) < 4.78 is 285. The predicted octanol–water partition coefficient (Wildman–Crippen LogP) is 7.45. The van der Waals surface area contributed by atoms with Crippen LogP contribution in [0.15, 0.2) is 18.2 Å². The molecule has 0 saturated carbocycles. The van der Waals surface area contributed by atoms with Gasteiger partial charge in [0.2, 0.25) is 0 Å². The number of hydrogen-bond acceptors (Lipinski definition) is 4. The van der Waals surface area contributed by atoms with E-state index in [9.17, 15) is 57.1 Å². The van der Waals surface area contributed by atoms with Crippen LogP contribution in [0.1, 0.15) is 16.7 Å². The van der Waals surface area contributed by atoms with Crippen LogP contribution in [-0.2, 0) is 36.7 Å². The zero-order chi connectivity index (χ0) is 34.2. The van der Waals surface area contributed by atoms with Crippen molar-refractivity contribution in [3.05, 3.63) is 34.9 Å². The van der Waals surface area contributed by atoms with Crippen molar-refractivity contribution in [3.8, 4) is 0 Å². The van der Waals surface area contributed by atoms with Crippen molar-refractivity contribution in [3.63, 3.8) is 0 Å². The monoisotopic (exact) mass is 690 g/mol. The normalized spacial score (nSPS) is 23.2. The second-order valence-corrected chi connectivity index (χ2v) is 9.24. The number of benzene rings is 1. The van der Waals surface area contributed by atoms with Gasteiger partial charge >= 0.3 is 53.9 Å². The van der Waals surface area contributed by atoms with Gasteiger partial charge in [-0.3, -0.25) is 0 Å². The molecule has 0 aliphatic carbocycles. The first kappa shape index (κ1) is 36.2. The summed E-state index contributed by atoms with van der Waals surface area (Å²) in [6.45, 7) is -4.82. The van der Waals surface area contributed by atoms with Crippen molar-refractivity contribution in [1.82, 2.24) is 0 Å². The molecule has 4 atom stereocenters. The average Bonchev–Trinajstić information content (AvgIpc) is 3.78. The summed E-state index contributed by atoms with van der Waals surface area (Å²) in [5, 5.41) is 0. The zero-order valence-corrected chi connectivity index (χ0v) is 20.5. The van der Waals surface area contributed by atoms with Gasteiger partial charge < -0.3 is 18.9 Å². The van der Waals surface area contributed by atoms with E-state index in [1.165, 1.54) is 0 Å². The number of epoxide rings is 2. The topological polar surface area (TPSA) is 43.5 Å². The molecule has 3 rings (SSSR count). The van der Waals surface area contributed by atoms with Gasteiger partial charge in [0.15, 0.2) is 0 Å². The summed E-state index contributed by atoms with van der Waals surface area (Å²) in [7, 11) is 0. The fourth-order valence-electron chi connectivity index (χ4n) is 3.54. The molecule has 4 nitrogen and oxygen atoms in total. The van der Waals surface area contributed by atoms with Crippen molar-refractivity contribution in [2.45, 2.75) is 66.1 Å². The molecule has 0 aromatic heterocycles. The number of hydrogen-bond donors (Lipinski definition) is 0. The van der Waals surface area contributed by atoms with Crippen LogP contribution in [0.5, 0.6) is 0 Å². The Hall–Kier alpha value is -2.27. The van der Waals surface area contributed by atoms with Gasteiger partial charge in [-0.05, 0) is 0 Å². The van der Waals surface area contributed by atoms with Gasteiger partial charge in [0.05, 0.1) is 26.4 Å². The summed E-state index contributed by atoms with van der Waals surface area (Å²) in [6.07, 6.45) is -25.1. The maximum Gasteiger partial charge on any atom is 0.460 e. The highest BCUT2D eigenvalue weighted by molar-refractivity contribution is 5.47. The fourth-order valence-corrected chi connectivity index (χ4v) is 3.54. The third-order valence-electron chi connectivity index (χ3n) is 6.08. The van der Waals surface area contributed by atoms with Crippen LogP contribution in [0.25, 0.3) is 0 Å². The van der Waals surface area contributed by atoms with Gasteiger partial charge in [-0.1, -0.05) is 18.2 Å². The smallest absolute Gasteiger partial charge is 0.371 e. The quantitative estimate of drug-likeness (QED) is 0.169. The van der Waals surface area contributed by atoms with Crippen LogP contribution in [0.3, 0.4) is 0 Å². The Morgan fingerprint density at radius 2 is 0.841 bits per heavy atom. The van der Waals surface area contributed by atoms with E-state index in [0.29, 0.717) is 0 Å². The first-order chi connectivity index (χ1) is 19.5. The molecule has 2 fully saturated rings. The number of ether oxygens (including phenoxy) is 4. The van der Waals surface area contributed by atoms with E-state index in [1.54, 1.807) is 0 Å². The maximum atomic E-state index is 15.3. The Labute approximate surface area is 230 Å². The lowest BCUT2D eigenvalue weighted by atomic mass is 9.83. The highest BCUT2D eigenvalue weighted by Crippen LogP contribution is 2.62. The van der Waals surface area contributed by atoms with E-state index in [-0.39, 0.29) is 0 Å². The lowest BCUT2D eigenvalue weighted by Gasteiger charge is -2.40. The lowest BCUT2D eigenvalue weighted by molar-refractivity contribution is -0.408. The Kier molecular flexibility index (Phi) is 8.75. The Balaban J connectivity index is 2.43. The SMILES string of the molecule is FC(F)(F)C(F)(F)C(F)(F)c1c(C(F)(F)C(F)(OCC2CO2)C(F)(F)F)cccc1C(F)(F)C(F)(OCC1CO1)C(F)(F)F. The highest BCUT2D eigenvalue weighted by Gasteiger charge is 2.81. The average molecular weight is 690 g/mol. The largest absolute Gasteiger partial charge is 0.460 e. The molecule has 2 saturated heterocycles. The molecule has 1 aromatic rings. The fraction of sp³-hybridized carbons (Fsp3) is 0.714. The van der Waals surface area contributed by atoms with Crippen LogP contribution in [0, 0.1) is 0 Å². The first-order valence-electron chi connectivity index (χ1n) is 11.3. The zero-order valence-electron chi connectivity index (χ0n) is 20.5. The molecule has 2 aliphatic heterocycles. The number of halogens is 19. The molecule has 2 heterocycles. The minimum absolute atomic E-state index is 0.579. The second-order valence-electron chi connectivity index (χ2n) is 9.24. The number of rotatable bonds is 12. The summed E-state index contributed by atoms with van der Waals surface area (Å²) in [4.78, 5) is 0. The summed E-state index contributed by atoms with van der Waals surface area (Å²) in [6, 6.07) is -2.63. The minimum atomic E-state index is -7.86. The van der Waals surface area contributed by atoms with Crippen molar-refractivity contribution in [1.29, 1.82) is 0 Å². The Morgan fingerprint density at radius 1 is 0.523 bits per heavy atom. The Morgan fingerprint density at radius 3 is 1.09 bits per heavy atom. The van der Waals surface area contributed by atoms with E-state index < -0.39 is 127 Å². The highest BCUT2D eigenvalue weighted by atomic mass is 19.4. The molecule has 0 bridgehead atoms. The molecule has 2 aliphatic rings. The van der Waals surface area contributed by atoms with Crippen molar-refractivity contribution < 1.29 is 102 Å². The van der Waals surface area contributed by atoms with Gasteiger partial charge in [0.25, 0.3) is 0 Å². The van der Waals surface area contributed by atoms with E-state index >= 15 is 26.3 Å². The van der Waals surface area contributed by atoms with Crippen LogP contribution in [0.4, 0.5) is 83.4 Å². The molecule has 254 valence electrons. The first-order valence-corrected chi connectivity index (χ1v) is 11.3. The van der Waals surface area contributed by atoms with E-state index in [0.717, 1.165) is 0 Å². The second kappa shape index (κ2) is 10.6. The summed E-state index contributed by atoms with van der Waals surface area (Å²) in [5.41, 5.74) is -12.0. The van der Waals surface area contributed by atoms with E-state index in [2.05, 4.69) is 18.9 Å². The van der Waals surface area contributed by atoms with Gasteiger partial charge in [0.1, 0.15) is 12.2 Å². The lowest BCUT2D eigenvalue weighted by Crippen LogP contribution is -2.59. The van der Waals surface area contributed by atoms with Crippen molar-refractivity contribution in [2.24, 2.45) is 0 Å². The molecule has 23 heteroatoms. The third kappa shape index (κ3) is 5.76. The third-order valence-corrected chi connectivity index (χ3v) is 6.08. The van der Waals surface area contributed by atoms with Crippen molar-refractivity contribution >= 4 is 0 Å². The van der Waals surface area contributed by atoms with Crippen LogP contribution in [0.2, 0.25) is 0 Å². The maximum absolute atomic E-state index is 15.3. The van der Waals surface area contributed by atoms with Crippen LogP contribution >= 0.6 is 0 Å². The van der Waals surface area contributed by atoms with Gasteiger partial charge in [-0.25, -0.2) is 0 Å². The van der Waals surface area contributed by atoms with Gasteiger partial charge in [0, 0.05) is 16.7 Å². The molecule has 1 aromatic carbocycles. The van der Waals surface area contributed by atoms with Crippen LogP contribution in [-0.4, -0.2) is 74.8 Å². The standard InChI is InChI=1S/C21H13F19O4/c22-13(23,17(30,20(35,36)37)43-6-8-4-41-8)10-2-1-3-11(12(10)15(26,27)16(28,29)19(32,33)34)14(24,25)18(31,21(38,39)40)44-7-9-5-42-9/h1-3,8-9H,4-7H2. The molecular formula is C21H13F19O4. The summed E-state index contributed by atoms with van der Waals surface area (Å²) in [5.74, 6) is -43.1. The minimum Gasteiger partial charge on any atom is -0.371 e. The molecule has 0 radical (unpaired) electrons. The molecule has 44 heavy (non-hydrogen) atoms. The molecule has 0 amide bonds. The van der Waals surface area contributed by atoms with Crippen LogP contribution < -0.4 is 0 Å². The Bertz CT molecular complexity index is 1130. The van der Waals surface area contributed by atoms with E-state index in [1.807, 2.05) is 0 Å². The van der Waals surface area contributed by atoms with Gasteiger partial charge in [-0.15, -0.1) is 0 Å². The van der Waals surface area contributed by atoms with Gasteiger partial charge in [-0.2, -0.15) is 83.4 Å². The summed E-state index contributed by atoms with van der Waals surface area (Å²) >= 11 is 0. The van der Waals surface area contributed by atoms with Crippen molar-refractivity contribution in [2.75, 3.05) is 26.4 Å². The molecule has 4 unspecified atom stereocenters. The molecule has 0 N–H and O–H groups in total. The number of alkyl halides is 19. The van der Waals surface area contributed by atoms with E-state index in [4.69, 9.17) is 0 Å². The predicted molar refractivity (Wildman–Crippen MR) is 100 cm³/mol. The molecular weight excluding hydrogens is 677 g/mol. The molecule has 0 spiro atoms.